The first-order valence-electron chi connectivity index (χ1n) is 10.3. The lowest BCUT2D eigenvalue weighted by molar-refractivity contribution is -0.118. The maximum atomic E-state index is 13.2. The Morgan fingerprint density at radius 1 is 1.23 bits per heavy atom. The molecule has 0 aliphatic heterocycles. The van der Waals surface area contributed by atoms with Crippen LogP contribution in [0.1, 0.15) is 31.5 Å². The number of hydrogen-bond donors (Lipinski definition) is 1. The molecule has 3 aromatic heterocycles. The lowest BCUT2D eigenvalue weighted by atomic mass is 10.0. The van der Waals surface area contributed by atoms with Crippen molar-refractivity contribution >= 4 is 17.4 Å². The molecule has 3 heterocycles. The minimum Gasteiger partial charge on any atom is -0.347 e. The Morgan fingerprint density at radius 2 is 2.07 bits per heavy atom. The van der Waals surface area contributed by atoms with Gasteiger partial charge in [-0.05, 0) is 37.3 Å². The van der Waals surface area contributed by atoms with Crippen LogP contribution in [-0.4, -0.2) is 43.7 Å². The van der Waals surface area contributed by atoms with Gasteiger partial charge in [-0.1, -0.05) is 19.9 Å². The van der Waals surface area contributed by atoms with E-state index < -0.39 is 0 Å². The molecule has 0 spiro atoms. The van der Waals surface area contributed by atoms with Gasteiger partial charge < -0.3 is 10.2 Å². The summed E-state index contributed by atoms with van der Waals surface area (Å²) in [7, 11) is 3.77. The number of aryl methyl sites for hydroxylation is 2. The van der Waals surface area contributed by atoms with Gasteiger partial charge in [0, 0.05) is 37.7 Å². The molecule has 0 saturated heterocycles. The zero-order valence-corrected chi connectivity index (χ0v) is 17.8. The number of rotatable bonds is 6. The van der Waals surface area contributed by atoms with E-state index in [1.54, 1.807) is 23.3 Å². The predicted molar refractivity (Wildman–Crippen MR) is 116 cm³/mol. The number of aromatic nitrogens is 5. The van der Waals surface area contributed by atoms with Gasteiger partial charge in [-0.25, -0.2) is 9.97 Å². The van der Waals surface area contributed by atoms with E-state index in [9.17, 15) is 4.79 Å². The topological polar surface area (TPSA) is 88.8 Å². The van der Waals surface area contributed by atoms with Crippen LogP contribution in [0.2, 0.25) is 0 Å². The minimum absolute atomic E-state index is 0.0785. The third-order valence-electron chi connectivity index (χ3n) is 5.43. The van der Waals surface area contributed by atoms with Crippen molar-refractivity contribution in [3.8, 4) is 11.5 Å². The highest BCUT2D eigenvalue weighted by molar-refractivity contribution is 5.97. The molecule has 1 aliphatic rings. The standard InChI is InChI=1S/C22H27N7O/c1-14(2)19(22(30)25-15-12-24-28(3)13-15)29(4)21-16-8-7-10-17(16)26-20(27-21)18-9-5-6-11-23-18/h5-6,9,11-14,19H,7-8,10H2,1-4H3,(H,25,30). The smallest absolute Gasteiger partial charge is 0.247 e. The van der Waals surface area contributed by atoms with Crippen molar-refractivity contribution in [1.29, 1.82) is 0 Å². The number of pyridine rings is 1. The van der Waals surface area contributed by atoms with Crippen molar-refractivity contribution in [2.75, 3.05) is 17.3 Å². The van der Waals surface area contributed by atoms with Gasteiger partial charge in [0.05, 0.1) is 11.9 Å². The average Bonchev–Trinajstić information content (AvgIpc) is 3.36. The molecule has 0 bridgehead atoms. The van der Waals surface area contributed by atoms with E-state index in [4.69, 9.17) is 9.97 Å². The van der Waals surface area contributed by atoms with E-state index in [0.29, 0.717) is 11.5 Å². The Balaban J connectivity index is 1.70. The predicted octanol–water partition coefficient (Wildman–Crippen LogP) is 2.86. The molecule has 0 radical (unpaired) electrons. The second-order valence-electron chi connectivity index (χ2n) is 8.06. The normalized spacial score (nSPS) is 13.9. The van der Waals surface area contributed by atoms with Crippen molar-refractivity contribution in [2.45, 2.75) is 39.2 Å². The Kier molecular flexibility index (Phi) is 5.48. The van der Waals surface area contributed by atoms with Gasteiger partial charge in [-0.3, -0.25) is 14.5 Å². The van der Waals surface area contributed by atoms with Gasteiger partial charge in [-0.15, -0.1) is 0 Å². The molecule has 1 aliphatic carbocycles. The van der Waals surface area contributed by atoms with Gasteiger partial charge in [0.1, 0.15) is 17.6 Å². The minimum atomic E-state index is -0.388. The van der Waals surface area contributed by atoms with Crippen molar-refractivity contribution in [1.82, 2.24) is 24.7 Å². The van der Waals surface area contributed by atoms with E-state index in [2.05, 4.69) is 15.4 Å². The molecule has 1 N–H and O–H groups in total. The third-order valence-corrected chi connectivity index (χ3v) is 5.43. The molecule has 1 atom stereocenters. The Hall–Kier alpha value is -3.29. The highest BCUT2D eigenvalue weighted by Crippen LogP contribution is 2.32. The maximum Gasteiger partial charge on any atom is 0.247 e. The van der Waals surface area contributed by atoms with Crippen LogP contribution >= 0.6 is 0 Å². The van der Waals surface area contributed by atoms with Crippen molar-refractivity contribution in [3.05, 3.63) is 48.0 Å². The fraction of sp³-hybridized carbons (Fsp3) is 0.409. The van der Waals surface area contributed by atoms with E-state index >= 15 is 0 Å². The molecule has 8 nitrogen and oxygen atoms in total. The molecule has 30 heavy (non-hydrogen) atoms. The summed E-state index contributed by atoms with van der Waals surface area (Å²) in [6.45, 7) is 4.09. The fourth-order valence-electron chi connectivity index (χ4n) is 4.07. The van der Waals surface area contributed by atoms with Crippen molar-refractivity contribution < 1.29 is 4.79 Å². The monoisotopic (exact) mass is 405 g/mol. The second-order valence-corrected chi connectivity index (χ2v) is 8.06. The number of carbonyl (C=O) groups is 1. The summed E-state index contributed by atoms with van der Waals surface area (Å²) < 4.78 is 1.67. The van der Waals surface area contributed by atoms with Crippen LogP contribution in [0.5, 0.6) is 0 Å². The molecule has 8 heteroatoms. The zero-order valence-electron chi connectivity index (χ0n) is 17.8. The molecule has 1 unspecified atom stereocenters. The SMILES string of the molecule is CC(C)C(C(=O)Nc1cnn(C)c1)N(C)c1nc(-c2ccccn2)nc2c1CCC2. The van der Waals surface area contributed by atoms with Gasteiger partial charge in [-0.2, -0.15) is 5.10 Å². The lowest BCUT2D eigenvalue weighted by Gasteiger charge is -2.32. The Morgan fingerprint density at radius 3 is 2.73 bits per heavy atom. The van der Waals surface area contributed by atoms with Gasteiger partial charge in [0.15, 0.2) is 5.82 Å². The van der Waals surface area contributed by atoms with Crippen LogP contribution in [0.15, 0.2) is 36.8 Å². The number of nitrogens with zero attached hydrogens (tertiary/aromatic N) is 6. The number of hydrogen-bond acceptors (Lipinski definition) is 6. The summed E-state index contributed by atoms with van der Waals surface area (Å²) in [6.07, 6.45) is 8.07. The summed E-state index contributed by atoms with van der Waals surface area (Å²) in [5, 5.41) is 7.12. The number of carbonyl (C=O) groups excluding carboxylic acids is 1. The van der Waals surface area contributed by atoms with Crippen LogP contribution in [0.4, 0.5) is 11.5 Å². The maximum absolute atomic E-state index is 13.2. The quantitative estimate of drug-likeness (QED) is 0.678. The summed E-state index contributed by atoms with van der Waals surface area (Å²) >= 11 is 0. The number of nitrogens with one attached hydrogen (secondary N) is 1. The molecule has 0 aromatic carbocycles. The number of fused-ring (bicyclic) bond motifs is 1. The van der Waals surface area contributed by atoms with E-state index in [1.165, 1.54) is 0 Å². The molecule has 3 aromatic rings. The Labute approximate surface area is 176 Å². The molecule has 0 fully saturated rings. The Bertz CT molecular complexity index is 1040. The van der Waals surface area contributed by atoms with Gasteiger partial charge in [0.2, 0.25) is 5.91 Å². The second kappa shape index (κ2) is 8.22. The summed E-state index contributed by atoms with van der Waals surface area (Å²) in [5.41, 5.74) is 3.62. The highest BCUT2D eigenvalue weighted by atomic mass is 16.2. The number of likely N-dealkylation sites (N-methyl/N-ethyl adjacent to an activating group) is 1. The zero-order chi connectivity index (χ0) is 21.3. The molecule has 156 valence electrons. The summed E-state index contributed by atoms with van der Waals surface area (Å²) in [5.74, 6) is 1.42. The number of amides is 1. The number of anilines is 2. The van der Waals surface area contributed by atoms with Gasteiger partial charge >= 0.3 is 0 Å². The van der Waals surface area contributed by atoms with Crippen molar-refractivity contribution in [2.24, 2.45) is 13.0 Å². The van der Waals surface area contributed by atoms with Crippen LogP contribution in [0, 0.1) is 5.92 Å². The van der Waals surface area contributed by atoms with Crippen molar-refractivity contribution in [3.63, 3.8) is 0 Å². The van der Waals surface area contributed by atoms with Gasteiger partial charge in [0.25, 0.3) is 0 Å². The molecular formula is C22H27N7O. The van der Waals surface area contributed by atoms with E-state index in [0.717, 1.165) is 42.0 Å². The summed E-state index contributed by atoms with van der Waals surface area (Å²) in [4.78, 5) is 29.2. The third kappa shape index (κ3) is 3.90. The first-order chi connectivity index (χ1) is 14.4. The largest absolute Gasteiger partial charge is 0.347 e. The molecule has 1 amide bonds. The lowest BCUT2D eigenvalue weighted by Crippen LogP contribution is -2.46. The van der Waals surface area contributed by atoms with E-state index in [1.807, 2.05) is 51.0 Å². The van der Waals surface area contributed by atoms with Crippen LogP contribution in [-0.2, 0) is 24.7 Å². The fourth-order valence-corrected chi connectivity index (χ4v) is 4.07. The first kappa shape index (κ1) is 20.0. The first-order valence-corrected chi connectivity index (χ1v) is 10.3. The van der Waals surface area contributed by atoms with E-state index in [-0.39, 0.29) is 17.9 Å². The molecular weight excluding hydrogens is 378 g/mol. The highest BCUT2D eigenvalue weighted by Gasteiger charge is 2.31. The van der Waals surface area contributed by atoms with Crippen LogP contribution < -0.4 is 10.2 Å². The molecule has 4 rings (SSSR count). The van der Waals surface area contributed by atoms with Crippen LogP contribution in [0.3, 0.4) is 0 Å². The molecule has 0 saturated carbocycles. The van der Waals surface area contributed by atoms with Crippen LogP contribution in [0.25, 0.3) is 11.5 Å². The average molecular weight is 406 g/mol. The summed E-state index contributed by atoms with van der Waals surface area (Å²) in [6, 6.07) is 5.33.